The molecule has 3 heteroatoms. The van der Waals surface area contributed by atoms with E-state index in [2.05, 4.69) is 36.4 Å². The average molecular weight is 298 g/mol. The highest BCUT2D eigenvalue weighted by molar-refractivity contribution is 5.65. The summed E-state index contributed by atoms with van der Waals surface area (Å²) in [5.74, 6) is -0.223. The minimum absolute atomic E-state index is 0.223. The Morgan fingerprint density at radius 1 is 0.864 bits per heavy atom. The maximum atomic E-state index is 10.6. The van der Waals surface area contributed by atoms with Gasteiger partial charge in [-0.3, -0.25) is 4.79 Å². The lowest BCUT2D eigenvalue weighted by Crippen LogP contribution is -2.02. The molecule has 2 aromatic carbocycles. The van der Waals surface area contributed by atoms with Gasteiger partial charge in [-0.05, 0) is 29.5 Å². The number of ether oxygens (including phenoxy) is 2. The van der Waals surface area contributed by atoms with Gasteiger partial charge >= 0.3 is 5.97 Å². The fraction of sp³-hybridized carbons (Fsp3) is 0.316. The molecule has 0 N–H and O–H groups in total. The molecule has 0 fully saturated rings. The summed E-state index contributed by atoms with van der Waals surface area (Å²) in [6.45, 7) is 3.20. The van der Waals surface area contributed by atoms with Gasteiger partial charge in [-0.1, -0.05) is 54.6 Å². The summed E-state index contributed by atoms with van der Waals surface area (Å²) < 4.78 is 10.5. The summed E-state index contributed by atoms with van der Waals surface area (Å²) in [7, 11) is 0. The second kappa shape index (κ2) is 9.00. The van der Waals surface area contributed by atoms with E-state index in [0.717, 1.165) is 12.8 Å². The molecular weight excluding hydrogens is 276 g/mol. The second-order valence-corrected chi connectivity index (χ2v) is 5.16. The predicted octanol–water partition coefficient (Wildman–Crippen LogP) is 4.21. The fourth-order valence-electron chi connectivity index (χ4n) is 2.14. The number of rotatable bonds is 8. The van der Waals surface area contributed by atoms with Gasteiger partial charge in [0, 0.05) is 13.5 Å². The molecule has 0 aliphatic carbocycles. The van der Waals surface area contributed by atoms with Crippen molar-refractivity contribution in [3.63, 3.8) is 0 Å². The summed E-state index contributed by atoms with van der Waals surface area (Å²) >= 11 is 0. The monoisotopic (exact) mass is 298 g/mol. The molecule has 0 spiro atoms. The number of hydrogen-bond acceptors (Lipinski definition) is 3. The third-order valence-electron chi connectivity index (χ3n) is 3.32. The first kappa shape index (κ1) is 16.2. The van der Waals surface area contributed by atoms with E-state index in [0.29, 0.717) is 19.8 Å². The van der Waals surface area contributed by atoms with Gasteiger partial charge in [0.2, 0.25) is 0 Å². The molecule has 0 unspecified atom stereocenters. The first-order valence-corrected chi connectivity index (χ1v) is 7.61. The summed E-state index contributed by atoms with van der Waals surface area (Å²) in [5.41, 5.74) is 3.60. The van der Waals surface area contributed by atoms with Crippen molar-refractivity contribution in [2.45, 2.75) is 26.4 Å². The zero-order valence-electron chi connectivity index (χ0n) is 13.0. The maximum absolute atomic E-state index is 10.6. The lowest BCUT2D eigenvalue weighted by Gasteiger charge is -2.06. The molecule has 2 aromatic rings. The summed E-state index contributed by atoms with van der Waals surface area (Å²) in [6.07, 6.45) is 1.74. The second-order valence-electron chi connectivity index (χ2n) is 5.16. The summed E-state index contributed by atoms with van der Waals surface area (Å²) in [6, 6.07) is 18.8. The molecule has 2 rings (SSSR count). The van der Waals surface area contributed by atoms with Crippen LogP contribution in [-0.2, 0) is 20.9 Å². The van der Waals surface area contributed by atoms with Gasteiger partial charge in [0.15, 0.2) is 0 Å². The molecule has 0 atom stereocenters. The predicted molar refractivity (Wildman–Crippen MR) is 87.4 cm³/mol. The van der Waals surface area contributed by atoms with Crippen molar-refractivity contribution in [1.82, 2.24) is 0 Å². The Balaban J connectivity index is 1.68. The molecule has 0 aromatic heterocycles. The minimum Gasteiger partial charge on any atom is -0.466 e. The normalized spacial score (nSPS) is 10.4. The summed E-state index contributed by atoms with van der Waals surface area (Å²) in [4.78, 5) is 10.6. The minimum atomic E-state index is -0.223. The van der Waals surface area contributed by atoms with E-state index < -0.39 is 0 Å². The van der Waals surface area contributed by atoms with Crippen LogP contribution in [0.5, 0.6) is 0 Å². The molecule has 0 radical (unpaired) electrons. The van der Waals surface area contributed by atoms with Gasteiger partial charge in [-0.25, -0.2) is 0 Å². The molecule has 116 valence electrons. The lowest BCUT2D eigenvalue weighted by molar-refractivity contribution is -0.141. The van der Waals surface area contributed by atoms with Crippen molar-refractivity contribution in [2.75, 3.05) is 13.2 Å². The van der Waals surface area contributed by atoms with Gasteiger partial charge in [0.25, 0.3) is 0 Å². The standard InChI is InChI=1S/C19H22O3/c1-16(20)22-14-6-5-13-21-15-17-9-11-19(12-10-17)18-7-3-2-4-8-18/h2-4,7-12H,5-6,13-15H2,1H3. The Hall–Kier alpha value is -2.13. The van der Waals surface area contributed by atoms with Crippen LogP contribution in [0.2, 0.25) is 0 Å². The Morgan fingerprint density at radius 3 is 2.18 bits per heavy atom. The zero-order chi connectivity index (χ0) is 15.6. The molecular formula is C19H22O3. The van der Waals surface area contributed by atoms with E-state index in [1.165, 1.54) is 23.6 Å². The Labute approximate surface area is 131 Å². The molecule has 0 bridgehead atoms. The number of benzene rings is 2. The van der Waals surface area contributed by atoms with Crippen LogP contribution in [-0.4, -0.2) is 19.2 Å². The van der Waals surface area contributed by atoms with E-state index in [4.69, 9.17) is 9.47 Å². The third-order valence-corrected chi connectivity index (χ3v) is 3.32. The number of carbonyl (C=O) groups is 1. The molecule has 0 saturated carbocycles. The van der Waals surface area contributed by atoms with Crippen LogP contribution in [0.3, 0.4) is 0 Å². The molecule has 22 heavy (non-hydrogen) atoms. The smallest absolute Gasteiger partial charge is 0.302 e. The highest BCUT2D eigenvalue weighted by atomic mass is 16.5. The van der Waals surface area contributed by atoms with Crippen molar-refractivity contribution in [1.29, 1.82) is 0 Å². The largest absolute Gasteiger partial charge is 0.466 e. The van der Waals surface area contributed by atoms with Gasteiger partial charge in [-0.15, -0.1) is 0 Å². The van der Waals surface area contributed by atoms with Gasteiger partial charge in [0.05, 0.1) is 13.2 Å². The Bertz CT molecular complexity index is 561. The van der Waals surface area contributed by atoms with Crippen molar-refractivity contribution in [2.24, 2.45) is 0 Å². The van der Waals surface area contributed by atoms with Crippen LogP contribution in [0.25, 0.3) is 11.1 Å². The molecule has 0 aliphatic rings. The zero-order valence-corrected chi connectivity index (χ0v) is 13.0. The number of hydrogen-bond donors (Lipinski definition) is 0. The van der Waals surface area contributed by atoms with Gasteiger partial charge in [-0.2, -0.15) is 0 Å². The van der Waals surface area contributed by atoms with E-state index >= 15 is 0 Å². The van der Waals surface area contributed by atoms with Crippen LogP contribution in [0, 0.1) is 0 Å². The van der Waals surface area contributed by atoms with E-state index in [-0.39, 0.29) is 5.97 Å². The molecule has 0 saturated heterocycles. The van der Waals surface area contributed by atoms with E-state index in [9.17, 15) is 4.79 Å². The SMILES string of the molecule is CC(=O)OCCCCOCc1ccc(-c2ccccc2)cc1. The number of unbranched alkanes of at least 4 members (excludes halogenated alkanes) is 1. The van der Waals surface area contributed by atoms with Crippen molar-refractivity contribution < 1.29 is 14.3 Å². The van der Waals surface area contributed by atoms with Crippen molar-refractivity contribution in [3.05, 3.63) is 60.2 Å². The van der Waals surface area contributed by atoms with Crippen LogP contribution >= 0.6 is 0 Å². The van der Waals surface area contributed by atoms with Crippen LogP contribution in [0.4, 0.5) is 0 Å². The highest BCUT2D eigenvalue weighted by Crippen LogP contribution is 2.19. The first-order valence-electron chi connectivity index (χ1n) is 7.61. The maximum Gasteiger partial charge on any atom is 0.302 e. The lowest BCUT2D eigenvalue weighted by atomic mass is 10.0. The molecule has 0 amide bonds. The van der Waals surface area contributed by atoms with Crippen LogP contribution in [0.15, 0.2) is 54.6 Å². The topological polar surface area (TPSA) is 35.5 Å². The van der Waals surface area contributed by atoms with Crippen LogP contribution < -0.4 is 0 Å². The number of carbonyl (C=O) groups excluding carboxylic acids is 1. The average Bonchev–Trinajstić information content (AvgIpc) is 2.55. The first-order chi connectivity index (χ1) is 10.8. The molecule has 0 heterocycles. The highest BCUT2D eigenvalue weighted by Gasteiger charge is 1.98. The van der Waals surface area contributed by atoms with Crippen molar-refractivity contribution >= 4 is 5.97 Å². The van der Waals surface area contributed by atoms with E-state index in [1.807, 2.05) is 18.2 Å². The van der Waals surface area contributed by atoms with E-state index in [1.54, 1.807) is 0 Å². The van der Waals surface area contributed by atoms with Crippen LogP contribution in [0.1, 0.15) is 25.3 Å². The third kappa shape index (κ3) is 5.70. The fourth-order valence-corrected chi connectivity index (χ4v) is 2.14. The molecule has 3 nitrogen and oxygen atoms in total. The number of esters is 1. The molecule has 0 aliphatic heterocycles. The Morgan fingerprint density at radius 2 is 1.50 bits per heavy atom. The van der Waals surface area contributed by atoms with Crippen molar-refractivity contribution in [3.8, 4) is 11.1 Å². The summed E-state index contributed by atoms with van der Waals surface area (Å²) in [5, 5.41) is 0. The Kier molecular flexibility index (Phi) is 6.65. The van der Waals surface area contributed by atoms with Gasteiger partial charge in [0.1, 0.15) is 0 Å². The quantitative estimate of drug-likeness (QED) is 0.541. The van der Waals surface area contributed by atoms with Gasteiger partial charge < -0.3 is 9.47 Å².